The molecule has 0 N–H and O–H groups in total. The minimum atomic E-state index is -2.12. The van der Waals surface area contributed by atoms with Crippen LogP contribution >= 0.6 is 0 Å². The maximum atomic E-state index is 9.18. The topological polar surface area (TPSA) is 3.88 Å². The van der Waals surface area contributed by atoms with Crippen LogP contribution in [-0.4, -0.2) is 0 Å². The molecule has 2 atom stereocenters. The summed E-state index contributed by atoms with van der Waals surface area (Å²) in [6.45, 7) is 3.91. The molecule has 0 radical (unpaired) electrons. The van der Waals surface area contributed by atoms with Crippen molar-refractivity contribution in [2.75, 3.05) is 0 Å². The molecule has 1 aromatic heterocycles. The lowest BCUT2D eigenvalue weighted by atomic mass is 9.80. The lowest BCUT2D eigenvalue weighted by Gasteiger charge is -2.23. The Balaban J connectivity index is 1.90. The van der Waals surface area contributed by atoms with Crippen LogP contribution in [-0.2, 0) is 7.05 Å². The number of fused-ring (bicyclic) bond motifs is 5. The van der Waals surface area contributed by atoms with Gasteiger partial charge in [0.1, 0.15) is 7.05 Å². The summed E-state index contributed by atoms with van der Waals surface area (Å²) in [5.74, 6) is -1.47. The molecule has 2 aliphatic rings. The average Bonchev–Trinajstić information content (AvgIpc) is 2.82. The van der Waals surface area contributed by atoms with E-state index >= 15 is 0 Å². The number of hydrogen-bond donors (Lipinski definition) is 0. The summed E-state index contributed by atoms with van der Waals surface area (Å²) in [7, 11) is 1.96. The van der Waals surface area contributed by atoms with Gasteiger partial charge in [0.2, 0.25) is 5.69 Å². The van der Waals surface area contributed by atoms with Crippen molar-refractivity contribution in [2.24, 2.45) is 12.5 Å². The zero-order chi connectivity index (χ0) is 20.0. The number of pyridine rings is 1. The molecule has 1 fully saturated rings. The Hall–Kier alpha value is -1.63. The lowest BCUT2D eigenvalue weighted by Crippen LogP contribution is -2.32. The molecule has 0 aliphatic heterocycles. The zero-order valence-electron chi connectivity index (χ0n) is 18.7. The molecule has 114 valence electrons. The Kier molecular flexibility index (Phi) is 1.92. The van der Waals surface area contributed by atoms with E-state index in [1.165, 1.54) is 0 Å². The van der Waals surface area contributed by atoms with Crippen LogP contribution < -0.4 is 4.57 Å². The van der Waals surface area contributed by atoms with Crippen molar-refractivity contribution in [3.05, 3.63) is 52.7 Å². The number of rotatable bonds is 1. The predicted octanol–water partition coefficient (Wildman–Crippen LogP) is 4.80. The van der Waals surface area contributed by atoms with Crippen molar-refractivity contribution in [1.29, 1.82) is 0 Å². The fourth-order valence-corrected chi connectivity index (χ4v) is 4.36. The van der Waals surface area contributed by atoms with E-state index in [4.69, 9.17) is 5.48 Å². The molecule has 1 nitrogen and oxygen atoms in total. The van der Waals surface area contributed by atoms with Crippen LogP contribution in [0.4, 0.5) is 0 Å². The summed E-state index contributed by atoms with van der Waals surface area (Å²) >= 11 is 0. The van der Waals surface area contributed by atoms with Crippen molar-refractivity contribution in [3.8, 4) is 11.3 Å². The van der Waals surface area contributed by atoms with Gasteiger partial charge in [0, 0.05) is 24.0 Å². The summed E-state index contributed by atoms with van der Waals surface area (Å²) < 4.78 is 43.1. The van der Waals surface area contributed by atoms with E-state index < -0.39 is 24.1 Å². The summed E-state index contributed by atoms with van der Waals surface area (Å²) in [5, 5.41) is 0. The Labute approximate surface area is 141 Å². The van der Waals surface area contributed by atoms with Gasteiger partial charge in [-0.2, -0.15) is 0 Å². The molecule has 22 heavy (non-hydrogen) atoms. The third kappa shape index (κ3) is 1.74. The first kappa shape index (κ1) is 9.50. The van der Waals surface area contributed by atoms with Crippen molar-refractivity contribution < 1.29 is 11.4 Å². The minimum Gasteiger partial charge on any atom is -0.201 e. The van der Waals surface area contributed by atoms with E-state index in [2.05, 4.69) is 19.9 Å². The quantitative estimate of drug-likeness (QED) is 0.666. The van der Waals surface area contributed by atoms with Gasteiger partial charge in [-0.1, -0.05) is 31.5 Å². The molecule has 1 heterocycles. The number of hydrogen-bond acceptors (Lipinski definition) is 0. The molecule has 0 saturated heterocycles. The van der Waals surface area contributed by atoms with Gasteiger partial charge in [0.05, 0.1) is 0 Å². The van der Waals surface area contributed by atoms with Gasteiger partial charge in [-0.15, -0.1) is 0 Å². The fraction of sp³-hybridized carbons (Fsp3) is 0.476. The molecule has 1 aromatic carbocycles. The fourth-order valence-electron chi connectivity index (χ4n) is 4.36. The Morgan fingerprint density at radius 3 is 2.59 bits per heavy atom. The first-order valence-electron chi connectivity index (χ1n) is 10.5. The van der Waals surface area contributed by atoms with Gasteiger partial charge >= 0.3 is 0 Å². The Morgan fingerprint density at radius 2 is 1.91 bits per heavy atom. The highest BCUT2D eigenvalue weighted by Gasteiger charge is 2.52. The van der Waals surface area contributed by atoms with Crippen LogP contribution in [0, 0.1) is 19.2 Å². The first-order chi connectivity index (χ1) is 12.3. The van der Waals surface area contributed by atoms with E-state index in [1.807, 2.05) is 30.8 Å². The first-order valence-corrected chi connectivity index (χ1v) is 7.99. The van der Waals surface area contributed by atoms with Crippen LogP contribution in [0.2, 0.25) is 0 Å². The Bertz CT molecular complexity index is 962. The second kappa shape index (κ2) is 4.44. The van der Waals surface area contributed by atoms with Gasteiger partial charge in [-0.05, 0) is 61.0 Å². The minimum absolute atomic E-state index is 0.342. The lowest BCUT2D eigenvalue weighted by molar-refractivity contribution is -0.660. The van der Waals surface area contributed by atoms with Crippen molar-refractivity contribution >= 4 is 0 Å². The van der Waals surface area contributed by atoms with Gasteiger partial charge < -0.3 is 0 Å². The SMILES string of the molecule is [2H]C([2H])([2H])c1ccc(-c2cc3c(c[n+]2C)C2([2H])CCC3([2H])C2(C)C)c(C)c1. The maximum Gasteiger partial charge on any atom is 0.212 e. The van der Waals surface area contributed by atoms with Crippen molar-refractivity contribution in [2.45, 2.75) is 52.3 Å². The highest BCUT2D eigenvalue weighted by atomic mass is 14.9. The van der Waals surface area contributed by atoms with E-state index in [0.717, 1.165) is 34.4 Å². The largest absolute Gasteiger partial charge is 0.212 e. The van der Waals surface area contributed by atoms with Crippen LogP contribution in [0.1, 0.15) is 67.6 Å². The van der Waals surface area contributed by atoms with E-state index in [9.17, 15) is 1.37 Å². The van der Waals surface area contributed by atoms with Crippen molar-refractivity contribution in [3.63, 3.8) is 0 Å². The molecule has 2 aliphatic carbocycles. The van der Waals surface area contributed by atoms with Crippen LogP contribution in [0.25, 0.3) is 11.3 Å². The molecule has 0 amide bonds. The standard InChI is InChI=1S/C21H26N/c1-13-6-7-15(14(2)10-13)20-11-16-17(12-22(20)5)19-9-8-18(16)21(19,3)4/h6-7,10-12,18-19H,8-9H2,1-5H3/q+1/i1D3,18D,19D. The maximum absolute atomic E-state index is 9.18. The summed E-state index contributed by atoms with van der Waals surface area (Å²) in [6, 6.07) is 7.33. The molecule has 1 saturated carbocycles. The summed E-state index contributed by atoms with van der Waals surface area (Å²) in [6.07, 6.45) is 3.45. The van der Waals surface area contributed by atoms with E-state index in [0.29, 0.717) is 12.0 Å². The van der Waals surface area contributed by atoms with Crippen LogP contribution in [0.15, 0.2) is 30.5 Å². The molecule has 0 spiro atoms. The molecule has 4 rings (SSSR count). The summed E-state index contributed by atoms with van der Waals surface area (Å²) in [4.78, 5) is 0. The molecular weight excluding hydrogens is 266 g/mol. The second-order valence-corrected chi connectivity index (χ2v) is 7.21. The van der Waals surface area contributed by atoms with Crippen molar-refractivity contribution in [1.82, 2.24) is 0 Å². The third-order valence-corrected chi connectivity index (χ3v) is 5.56. The smallest absolute Gasteiger partial charge is 0.201 e. The normalized spacial score (nSPS) is 35.2. The predicted molar refractivity (Wildman–Crippen MR) is 91.0 cm³/mol. The van der Waals surface area contributed by atoms with E-state index in [1.54, 1.807) is 12.1 Å². The van der Waals surface area contributed by atoms with Gasteiger partial charge in [-0.3, -0.25) is 0 Å². The third-order valence-electron chi connectivity index (χ3n) is 5.56. The van der Waals surface area contributed by atoms with E-state index in [-0.39, 0.29) is 0 Å². The molecule has 2 unspecified atom stereocenters. The Morgan fingerprint density at radius 1 is 1.18 bits per heavy atom. The van der Waals surface area contributed by atoms with Crippen LogP contribution in [0.5, 0.6) is 0 Å². The number of aromatic nitrogens is 1. The highest BCUT2D eigenvalue weighted by Crippen LogP contribution is 2.64. The van der Waals surface area contributed by atoms with Gasteiger partial charge in [-0.25, -0.2) is 4.57 Å². The molecule has 2 aromatic rings. The molecule has 1 heteroatoms. The second-order valence-electron chi connectivity index (χ2n) is 7.21. The summed E-state index contributed by atoms with van der Waals surface area (Å²) in [5.41, 5.74) is 4.67. The molecule has 2 bridgehead atoms. The van der Waals surface area contributed by atoms with Gasteiger partial charge in [0.25, 0.3) is 0 Å². The average molecular weight is 297 g/mol. The zero-order valence-corrected chi connectivity index (χ0v) is 13.7. The number of nitrogens with zero attached hydrogens (tertiary/aromatic N) is 1. The van der Waals surface area contributed by atoms with Gasteiger partial charge in [0.15, 0.2) is 6.20 Å². The van der Waals surface area contributed by atoms with Crippen LogP contribution in [0.3, 0.4) is 0 Å². The highest BCUT2D eigenvalue weighted by molar-refractivity contribution is 5.63. The number of benzene rings is 1. The monoisotopic (exact) mass is 297 g/mol. The molecular formula is C21H26N+. The number of aryl methyl sites for hydroxylation is 3.